The van der Waals surface area contributed by atoms with Gasteiger partial charge in [0.1, 0.15) is 4.90 Å². The number of halogens is 8. The van der Waals surface area contributed by atoms with Crippen LogP contribution in [-0.4, -0.2) is 44.0 Å². The maximum Gasteiger partial charge on any atom is 0.416 e. The van der Waals surface area contributed by atoms with Crippen LogP contribution in [0.15, 0.2) is 63.2 Å². The molecule has 40 heavy (non-hydrogen) atoms. The van der Waals surface area contributed by atoms with Crippen molar-refractivity contribution in [3.8, 4) is 0 Å². The van der Waals surface area contributed by atoms with Gasteiger partial charge in [-0.3, -0.25) is 0 Å². The molecule has 0 aliphatic heterocycles. The molecule has 0 amide bonds. The lowest BCUT2D eigenvalue weighted by Crippen LogP contribution is -2.11. The van der Waals surface area contributed by atoms with Crippen LogP contribution in [0.5, 0.6) is 0 Å². The summed E-state index contributed by atoms with van der Waals surface area (Å²) in [5.41, 5.74) is -0.0556. The summed E-state index contributed by atoms with van der Waals surface area (Å²) in [6.45, 7) is 1.79. The summed E-state index contributed by atoms with van der Waals surface area (Å²) in [5.74, 6) is -11.7. The van der Waals surface area contributed by atoms with Crippen molar-refractivity contribution >= 4 is 29.5 Å². The highest BCUT2D eigenvalue weighted by Gasteiger charge is 2.31. The molecule has 0 unspecified atom stereocenters. The van der Waals surface area contributed by atoms with Crippen molar-refractivity contribution in [2.45, 2.75) is 27.8 Å². The molecule has 0 spiro atoms. The number of hydrogen-bond donors (Lipinski definition) is 0. The number of rotatable bonds is 3. The Labute approximate surface area is 225 Å². The molecule has 0 bridgehead atoms. The van der Waals surface area contributed by atoms with Crippen LogP contribution >= 0.6 is 0 Å². The van der Waals surface area contributed by atoms with E-state index in [1.165, 1.54) is 6.26 Å². The Morgan fingerprint density at radius 2 is 0.950 bits per heavy atom. The van der Waals surface area contributed by atoms with Gasteiger partial charge in [0, 0.05) is 18.8 Å². The third-order valence-electron chi connectivity index (χ3n) is 4.64. The van der Waals surface area contributed by atoms with Gasteiger partial charge in [0.05, 0.1) is 15.4 Å². The van der Waals surface area contributed by atoms with Crippen LogP contribution in [-0.2, 0) is 35.7 Å². The molecule has 17 heteroatoms. The zero-order chi connectivity index (χ0) is 31.4. The van der Waals surface area contributed by atoms with Gasteiger partial charge in [-0.25, -0.2) is 47.2 Å². The van der Waals surface area contributed by atoms with Crippen LogP contribution < -0.4 is 0 Å². The normalized spacial score (nSPS) is 12.1. The highest BCUT2D eigenvalue weighted by molar-refractivity contribution is 7.91. The summed E-state index contributed by atoms with van der Waals surface area (Å²) in [5, 5.41) is 0. The Hall–Kier alpha value is -3.05. The molecule has 3 aromatic carbocycles. The molecule has 3 rings (SSSR count). The quantitative estimate of drug-likeness (QED) is 0.167. The molecule has 0 radical (unpaired) electrons. The van der Waals surface area contributed by atoms with E-state index in [2.05, 4.69) is 0 Å². The summed E-state index contributed by atoms with van der Waals surface area (Å²) >= 11 is 0. The third kappa shape index (κ3) is 9.26. The van der Waals surface area contributed by atoms with Gasteiger partial charge < -0.3 is 0 Å². The Morgan fingerprint density at radius 3 is 1.25 bits per heavy atom. The Bertz CT molecular complexity index is 1670. The standard InChI is InChI=1S/C8H7F3O2S.C8H10O2S.C7H3F5O2S/c1-14(12,13)7-4-2-6(3-5-7)8(9,10)11;1-7-5-3-4-6-8(7)11(2,9)10;1-15(13,14)7-5(11)3(9)2(8)4(10)6(7)12/h2-5H,1H3;3-6H,1-2H3;1H3. The van der Waals surface area contributed by atoms with Crippen molar-refractivity contribution in [2.75, 3.05) is 18.8 Å². The van der Waals surface area contributed by atoms with E-state index in [1.54, 1.807) is 25.1 Å². The summed E-state index contributed by atoms with van der Waals surface area (Å²) in [7, 11) is -11.0. The molecule has 0 aromatic heterocycles. The fourth-order valence-corrected chi connectivity index (χ4v) is 5.21. The Morgan fingerprint density at radius 1 is 0.550 bits per heavy atom. The highest BCUT2D eigenvalue weighted by Crippen LogP contribution is 2.29. The van der Waals surface area contributed by atoms with Crippen LogP contribution in [0, 0.1) is 36.0 Å². The number of hydrogen-bond acceptors (Lipinski definition) is 6. The van der Waals surface area contributed by atoms with Crippen molar-refractivity contribution in [3.63, 3.8) is 0 Å². The largest absolute Gasteiger partial charge is 0.416 e. The van der Waals surface area contributed by atoms with Crippen molar-refractivity contribution in [1.82, 2.24) is 0 Å². The SMILES string of the molecule is CS(=O)(=O)c1c(F)c(F)c(F)c(F)c1F.CS(=O)(=O)c1ccc(C(F)(F)F)cc1.Cc1ccccc1S(C)(=O)=O. The number of benzene rings is 3. The van der Waals surface area contributed by atoms with E-state index < -0.39 is 75.2 Å². The second-order valence-electron chi connectivity index (χ2n) is 8.00. The predicted octanol–water partition coefficient (Wildman–Crippen LogP) is 5.29. The van der Waals surface area contributed by atoms with Gasteiger partial charge in [0.15, 0.2) is 52.8 Å². The smallest absolute Gasteiger partial charge is 0.224 e. The van der Waals surface area contributed by atoms with Crippen molar-refractivity contribution in [3.05, 3.63) is 88.7 Å². The number of sulfone groups is 3. The first-order valence-electron chi connectivity index (χ1n) is 10.2. The summed E-state index contributed by atoms with van der Waals surface area (Å²) in [6, 6.07) is 10.3. The first-order chi connectivity index (χ1) is 17.9. The number of alkyl halides is 3. The van der Waals surface area contributed by atoms with Crippen molar-refractivity contribution in [1.29, 1.82) is 0 Å². The molecule has 0 aliphatic rings. The minimum absolute atomic E-state index is 0.120. The van der Waals surface area contributed by atoms with Crippen LogP contribution in [0.1, 0.15) is 11.1 Å². The highest BCUT2D eigenvalue weighted by atomic mass is 32.2. The van der Waals surface area contributed by atoms with Gasteiger partial charge in [-0.1, -0.05) is 18.2 Å². The number of aryl methyl sites for hydroxylation is 1. The van der Waals surface area contributed by atoms with Crippen LogP contribution in [0.3, 0.4) is 0 Å². The summed E-state index contributed by atoms with van der Waals surface area (Å²) < 4.78 is 165. The molecule has 0 aliphatic carbocycles. The van der Waals surface area contributed by atoms with Gasteiger partial charge in [-0.05, 0) is 42.8 Å². The maximum absolute atomic E-state index is 12.8. The third-order valence-corrected chi connectivity index (χ3v) is 8.13. The molecule has 0 heterocycles. The first kappa shape index (κ1) is 35.0. The Kier molecular flexibility index (Phi) is 11.0. The molecule has 0 saturated heterocycles. The van der Waals surface area contributed by atoms with E-state index in [1.807, 2.05) is 6.07 Å². The van der Waals surface area contributed by atoms with E-state index in [4.69, 9.17) is 0 Å². The fourth-order valence-electron chi connectivity index (χ4n) is 2.77. The molecule has 6 nitrogen and oxygen atoms in total. The lowest BCUT2D eigenvalue weighted by atomic mass is 10.2. The molecule has 0 atom stereocenters. The zero-order valence-corrected chi connectivity index (χ0v) is 23.3. The minimum atomic E-state index is -4.52. The molecule has 0 fully saturated rings. The van der Waals surface area contributed by atoms with Crippen LogP contribution in [0.25, 0.3) is 0 Å². The lowest BCUT2D eigenvalue weighted by molar-refractivity contribution is -0.137. The van der Waals surface area contributed by atoms with Gasteiger partial charge in [0.2, 0.25) is 5.82 Å². The first-order valence-corrected chi connectivity index (χ1v) is 15.9. The van der Waals surface area contributed by atoms with E-state index in [0.717, 1.165) is 36.1 Å². The average molecular weight is 641 g/mol. The van der Waals surface area contributed by atoms with Gasteiger partial charge in [0.25, 0.3) is 0 Å². The molecule has 0 saturated carbocycles. The fraction of sp³-hybridized carbons (Fsp3) is 0.217. The summed E-state index contributed by atoms with van der Waals surface area (Å²) in [4.78, 5) is -1.52. The van der Waals surface area contributed by atoms with Crippen molar-refractivity contribution in [2.24, 2.45) is 0 Å². The molecular weight excluding hydrogens is 620 g/mol. The Balaban J connectivity index is 0.000000304. The van der Waals surface area contributed by atoms with Gasteiger partial charge in [-0.15, -0.1) is 0 Å². The van der Waals surface area contributed by atoms with Crippen LogP contribution in [0.4, 0.5) is 35.1 Å². The van der Waals surface area contributed by atoms with Gasteiger partial charge in [-0.2, -0.15) is 13.2 Å². The molecule has 3 aromatic rings. The van der Waals surface area contributed by atoms with Crippen molar-refractivity contribution < 1.29 is 60.4 Å². The minimum Gasteiger partial charge on any atom is -0.224 e. The van der Waals surface area contributed by atoms with E-state index in [0.29, 0.717) is 11.2 Å². The maximum atomic E-state index is 12.8. The molecular formula is C23H20F8O6S3. The van der Waals surface area contributed by atoms with E-state index in [-0.39, 0.29) is 4.90 Å². The zero-order valence-electron chi connectivity index (χ0n) is 20.8. The second-order valence-corrected chi connectivity index (χ2v) is 14.0. The topological polar surface area (TPSA) is 102 Å². The predicted molar refractivity (Wildman–Crippen MR) is 128 cm³/mol. The average Bonchev–Trinajstić information content (AvgIpc) is 2.80. The molecule has 0 N–H and O–H groups in total. The second kappa shape index (κ2) is 12.6. The lowest BCUT2D eigenvalue weighted by Gasteiger charge is -2.06. The summed E-state index contributed by atoms with van der Waals surface area (Å²) in [6.07, 6.45) is -1.94. The van der Waals surface area contributed by atoms with E-state index in [9.17, 15) is 60.4 Å². The monoisotopic (exact) mass is 640 g/mol. The molecule has 222 valence electrons. The van der Waals surface area contributed by atoms with Crippen LogP contribution in [0.2, 0.25) is 0 Å². The van der Waals surface area contributed by atoms with E-state index >= 15 is 0 Å². The van der Waals surface area contributed by atoms with Gasteiger partial charge >= 0.3 is 6.18 Å².